The van der Waals surface area contributed by atoms with Crippen molar-refractivity contribution in [1.29, 1.82) is 0 Å². The van der Waals surface area contributed by atoms with Crippen LogP contribution in [-0.4, -0.2) is 10.9 Å². The van der Waals surface area contributed by atoms with Gasteiger partial charge in [0.25, 0.3) is 5.91 Å². The molecule has 6 heteroatoms. The van der Waals surface area contributed by atoms with Crippen molar-refractivity contribution in [3.05, 3.63) is 35.2 Å². The van der Waals surface area contributed by atoms with Crippen LogP contribution in [0.4, 0.5) is 5.82 Å². The first-order chi connectivity index (χ1) is 7.72. The fourth-order valence-corrected chi connectivity index (χ4v) is 2.00. The van der Waals surface area contributed by atoms with Gasteiger partial charge in [0, 0.05) is 0 Å². The van der Waals surface area contributed by atoms with Gasteiger partial charge in [-0.3, -0.25) is 10.2 Å². The predicted molar refractivity (Wildman–Crippen MR) is 63.6 cm³/mol. The number of nitrogen functional groups attached to an aromatic ring is 2. The lowest BCUT2D eigenvalue weighted by Crippen LogP contribution is -2.30. The summed E-state index contributed by atoms with van der Waals surface area (Å²) < 4.78 is 0. The summed E-state index contributed by atoms with van der Waals surface area (Å²) in [6, 6.07) is 7.22. The Morgan fingerprint density at radius 1 is 1.38 bits per heavy atom. The van der Waals surface area contributed by atoms with Crippen molar-refractivity contribution in [2.45, 2.75) is 0 Å². The molecule has 5 nitrogen and oxygen atoms in total. The second-order valence-electron chi connectivity index (χ2n) is 3.08. The Balaban J connectivity index is 2.41. The first kappa shape index (κ1) is 10.6. The van der Waals surface area contributed by atoms with Gasteiger partial charge < -0.3 is 5.73 Å². The quantitative estimate of drug-likeness (QED) is 0.410. The minimum Gasteiger partial charge on any atom is -0.383 e. The third-order valence-corrected chi connectivity index (χ3v) is 2.97. The number of carbonyl (C=O) groups is 1. The van der Waals surface area contributed by atoms with Crippen molar-refractivity contribution in [3.8, 4) is 10.6 Å². The van der Waals surface area contributed by atoms with Crippen LogP contribution in [0.25, 0.3) is 10.6 Å². The van der Waals surface area contributed by atoms with Gasteiger partial charge in [-0.05, 0) is 23.6 Å². The maximum Gasteiger partial charge on any atom is 0.268 e. The Labute approximate surface area is 96.1 Å². The predicted octanol–water partition coefficient (Wildman–Crippen LogP) is 0.996. The van der Waals surface area contributed by atoms with Crippen molar-refractivity contribution in [1.82, 2.24) is 10.4 Å². The van der Waals surface area contributed by atoms with E-state index < -0.39 is 5.91 Å². The molecule has 0 saturated carbocycles. The average Bonchev–Trinajstić information content (AvgIpc) is 2.81. The lowest BCUT2D eigenvalue weighted by atomic mass is 10.2. The Morgan fingerprint density at radius 2 is 2.19 bits per heavy atom. The molecule has 0 fully saturated rings. The maximum absolute atomic E-state index is 11.3. The van der Waals surface area contributed by atoms with Gasteiger partial charge in [0.05, 0.1) is 16.1 Å². The summed E-state index contributed by atoms with van der Waals surface area (Å²) >= 11 is 1.56. The molecule has 0 unspecified atom stereocenters. The molecule has 0 aliphatic rings. The van der Waals surface area contributed by atoms with E-state index in [0.29, 0.717) is 0 Å². The fraction of sp³-hybridized carbons (Fsp3) is 0. The molecule has 0 aromatic carbocycles. The van der Waals surface area contributed by atoms with Crippen molar-refractivity contribution in [2.24, 2.45) is 5.84 Å². The largest absolute Gasteiger partial charge is 0.383 e. The molecule has 2 rings (SSSR count). The molecule has 0 bridgehead atoms. The lowest BCUT2D eigenvalue weighted by molar-refractivity contribution is 0.0954. The highest BCUT2D eigenvalue weighted by Gasteiger charge is 2.10. The molecular formula is C10H10N4OS. The molecule has 0 saturated heterocycles. The SMILES string of the molecule is NNC(=O)c1ccc(-c2cccs2)nc1N. The van der Waals surface area contributed by atoms with Crippen LogP contribution in [0, 0.1) is 0 Å². The van der Waals surface area contributed by atoms with Crippen molar-refractivity contribution in [2.75, 3.05) is 5.73 Å². The van der Waals surface area contributed by atoms with Crippen molar-refractivity contribution < 1.29 is 4.79 Å². The molecule has 82 valence electrons. The molecule has 2 aromatic heterocycles. The Kier molecular flexibility index (Phi) is 2.84. The first-order valence-corrected chi connectivity index (χ1v) is 5.41. The number of hydrazine groups is 1. The Bertz CT molecular complexity index is 510. The molecule has 0 aliphatic heterocycles. The smallest absolute Gasteiger partial charge is 0.268 e. The van der Waals surface area contributed by atoms with E-state index >= 15 is 0 Å². The number of rotatable bonds is 2. The van der Waals surface area contributed by atoms with Crippen LogP contribution in [0.3, 0.4) is 0 Å². The summed E-state index contributed by atoms with van der Waals surface area (Å²) in [5.41, 5.74) is 8.73. The van der Waals surface area contributed by atoms with E-state index in [1.165, 1.54) is 0 Å². The van der Waals surface area contributed by atoms with E-state index in [1.807, 2.05) is 22.9 Å². The number of hydrogen-bond donors (Lipinski definition) is 3. The van der Waals surface area contributed by atoms with Crippen LogP contribution >= 0.6 is 11.3 Å². The highest BCUT2D eigenvalue weighted by Crippen LogP contribution is 2.24. The molecule has 0 atom stereocenters. The summed E-state index contributed by atoms with van der Waals surface area (Å²) in [5, 5.41) is 1.95. The molecular weight excluding hydrogens is 224 g/mol. The van der Waals surface area contributed by atoms with Gasteiger partial charge in [-0.15, -0.1) is 11.3 Å². The van der Waals surface area contributed by atoms with Gasteiger partial charge >= 0.3 is 0 Å². The van der Waals surface area contributed by atoms with Crippen molar-refractivity contribution >= 4 is 23.1 Å². The lowest BCUT2D eigenvalue weighted by Gasteiger charge is -2.04. The molecule has 2 aromatic rings. The number of hydrogen-bond acceptors (Lipinski definition) is 5. The van der Waals surface area contributed by atoms with E-state index in [4.69, 9.17) is 11.6 Å². The second kappa shape index (κ2) is 4.30. The first-order valence-electron chi connectivity index (χ1n) is 4.53. The summed E-state index contributed by atoms with van der Waals surface area (Å²) in [5.74, 6) is 4.76. The standard InChI is InChI=1S/C10H10N4OS/c11-9-6(10(15)14-12)3-4-7(13-9)8-2-1-5-16-8/h1-5H,12H2,(H2,11,13)(H,14,15). The summed E-state index contributed by atoms with van der Waals surface area (Å²) in [7, 11) is 0. The minimum atomic E-state index is -0.442. The Hall–Kier alpha value is -1.92. The van der Waals surface area contributed by atoms with E-state index in [1.54, 1.807) is 23.5 Å². The highest BCUT2D eigenvalue weighted by molar-refractivity contribution is 7.13. The zero-order valence-corrected chi connectivity index (χ0v) is 9.12. The zero-order valence-electron chi connectivity index (χ0n) is 8.31. The Morgan fingerprint density at radius 3 is 2.75 bits per heavy atom. The second-order valence-corrected chi connectivity index (χ2v) is 4.03. The molecule has 16 heavy (non-hydrogen) atoms. The van der Waals surface area contributed by atoms with Crippen LogP contribution < -0.4 is 17.0 Å². The van der Waals surface area contributed by atoms with Crippen molar-refractivity contribution in [3.63, 3.8) is 0 Å². The average molecular weight is 234 g/mol. The number of nitrogens with one attached hydrogen (secondary N) is 1. The number of nitrogens with two attached hydrogens (primary N) is 2. The third kappa shape index (κ3) is 1.88. The number of nitrogens with zero attached hydrogens (tertiary/aromatic N) is 1. The molecule has 0 spiro atoms. The van der Waals surface area contributed by atoms with Gasteiger partial charge in [-0.1, -0.05) is 6.07 Å². The number of anilines is 1. The monoisotopic (exact) mass is 234 g/mol. The fourth-order valence-electron chi connectivity index (χ4n) is 1.31. The zero-order chi connectivity index (χ0) is 11.5. The van der Waals surface area contributed by atoms with Crippen LogP contribution in [0.15, 0.2) is 29.6 Å². The van der Waals surface area contributed by atoms with Crippen LogP contribution in [0.2, 0.25) is 0 Å². The molecule has 1 amide bonds. The van der Waals surface area contributed by atoms with Gasteiger partial charge in [-0.2, -0.15) is 0 Å². The van der Waals surface area contributed by atoms with Crippen LogP contribution in [0.5, 0.6) is 0 Å². The van der Waals surface area contributed by atoms with E-state index in [0.717, 1.165) is 10.6 Å². The third-order valence-electron chi connectivity index (χ3n) is 2.07. The topological polar surface area (TPSA) is 94.0 Å². The number of amides is 1. The number of carbonyl (C=O) groups excluding carboxylic acids is 1. The molecule has 0 radical (unpaired) electrons. The van der Waals surface area contributed by atoms with Crippen LogP contribution in [0.1, 0.15) is 10.4 Å². The van der Waals surface area contributed by atoms with Gasteiger partial charge in [0.2, 0.25) is 0 Å². The molecule has 5 N–H and O–H groups in total. The molecule has 2 heterocycles. The summed E-state index contributed by atoms with van der Waals surface area (Å²) in [6.45, 7) is 0. The molecule has 0 aliphatic carbocycles. The van der Waals surface area contributed by atoms with E-state index in [-0.39, 0.29) is 11.4 Å². The maximum atomic E-state index is 11.3. The highest BCUT2D eigenvalue weighted by atomic mass is 32.1. The number of aromatic nitrogens is 1. The number of thiophene rings is 1. The summed E-state index contributed by atoms with van der Waals surface area (Å²) in [6.07, 6.45) is 0. The van der Waals surface area contributed by atoms with E-state index in [2.05, 4.69) is 4.98 Å². The van der Waals surface area contributed by atoms with E-state index in [9.17, 15) is 4.79 Å². The van der Waals surface area contributed by atoms with Gasteiger partial charge in [0.1, 0.15) is 5.82 Å². The van der Waals surface area contributed by atoms with Gasteiger partial charge in [-0.25, -0.2) is 10.8 Å². The van der Waals surface area contributed by atoms with Gasteiger partial charge in [0.15, 0.2) is 0 Å². The minimum absolute atomic E-state index is 0.175. The number of pyridine rings is 1. The normalized spacial score (nSPS) is 10.1. The van der Waals surface area contributed by atoms with Crippen LogP contribution in [-0.2, 0) is 0 Å². The summed E-state index contributed by atoms with van der Waals surface area (Å²) in [4.78, 5) is 16.4.